The molecule has 0 N–H and O–H groups in total. The highest BCUT2D eigenvalue weighted by Gasteiger charge is 2.36. The van der Waals surface area contributed by atoms with Crippen LogP contribution in [0, 0.1) is 0 Å². The molecule has 6 nitrogen and oxygen atoms in total. The lowest BCUT2D eigenvalue weighted by Crippen LogP contribution is -2.27. The molecule has 180 valence electrons. The number of amides is 1. The van der Waals surface area contributed by atoms with Crippen molar-refractivity contribution in [1.29, 1.82) is 0 Å². The van der Waals surface area contributed by atoms with Gasteiger partial charge >= 0.3 is 0 Å². The molecule has 6 rings (SSSR count). The Bertz CT molecular complexity index is 1570. The number of hydrogen-bond donors (Lipinski definition) is 0. The maximum atomic E-state index is 13.7. The Morgan fingerprint density at radius 2 is 1.49 bits per heavy atom. The lowest BCUT2D eigenvalue weighted by atomic mass is 9.96. The van der Waals surface area contributed by atoms with Gasteiger partial charge in [0.25, 0.3) is 5.91 Å². The molecule has 1 amide bonds. The van der Waals surface area contributed by atoms with E-state index in [1.807, 2.05) is 95.8 Å². The quantitative estimate of drug-likeness (QED) is 0.272. The van der Waals surface area contributed by atoms with E-state index in [9.17, 15) is 4.79 Å². The van der Waals surface area contributed by atoms with Crippen LogP contribution in [-0.2, 0) is 0 Å². The van der Waals surface area contributed by atoms with Gasteiger partial charge in [-0.1, -0.05) is 72.3 Å². The highest BCUT2D eigenvalue weighted by Crippen LogP contribution is 2.39. The number of carbonyl (C=O) groups is 1. The van der Waals surface area contributed by atoms with Crippen LogP contribution in [0.5, 0.6) is 0 Å². The third-order valence-electron chi connectivity index (χ3n) is 6.39. The monoisotopic (exact) mass is 503 g/mol. The Balaban J connectivity index is 1.49. The Kier molecular flexibility index (Phi) is 6.08. The molecule has 0 saturated heterocycles. The Hall–Kier alpha value is -4.55. The second kappa shape index (κ2) is 9.84. The van der Waals surface area contributed by atoms with Crippen LogP contribution in [-0.4, -0.2) is 31.4 Å². The van der Waals surface area contributed by atoms with Crippen molar-refractivity contribution in [2.24, 2.45) is 5.10 Å². The fraction of sp³-hybridized carbons (Fsp3) is 0.0667. The minimum atomic E-state index is -0.348. The summed E-state index contributed by atoms with van der Waals surface area (Å²) in [7, 11) is 0. The number of para-hydroxylation sites is 1. The second-order valence-electron chi connectivity index (χ2n) is 8.74. The molecule has 0 aliphatic carbocycles. The Morgan fingerprint density at radius 3 is 2.19 bits per heavy atom. The molecule has 2 aromatic heterocycles. The smallest absolute Gasteiger partial charge is 0.267 e. The number of halogens is 1. The van der Waals surface area contributed by atoms with Crippen molar-refractivity contribution in [3.63, 3.8) is 0 Å². The van der Waals surface area contributed by atoms with E-state index in [4.69, 9.17) is 21.8 Å². The van der Waals surface area contributed by atoms with E-state index in [0.29, 0.717) is 17.0 Å². The first-order valence-electron chi connectivity index (χ1n) is 11.9. The molecule has 5 aromatic rings. The first kappa shape index (κ1) is 22.9. The lowest BCUT2D eigenvalue weighted by Gasteiger charge is -2.22. The Labute approximate surface area is 219 Å². The van der Waals surface area contributed by atoms with Crippen LogP contribution in [0.15, 0.2) is 121 Å². The van der Waals surface area contributed by atoms with Crippen LogP contribution in [0.25, 0.3) is 16.9 Å². The summed E-state index contributed by atoms with van der Waals surface area (Å²) in [5.41, 5.74) is 5.90. The van der Waals surface area contributed by atoms with Gasteiger partial charge in [0, 0.05) is 46.7 Å². The summed E-state index contributed by atoms with van der Waals surface area (Å²) in [6.07, 6.45) is 5.79. The number of hydrazone groups is 1. The summed E-state index contributed by atoms with van der Waals surface area (Å²) >= 11 is 6.18. The fourth-order valence-electron chi connectivity index (χ4n) is 4.55. The van der Waals surface area contributed by atoms with Gasteiger partial charge in [-0.2, -0.15) is 10.2 Å². The number of pyridine rings is 1. The third kappa shape index (κ3) is 4.55. The van der Waals surface area contributed by atoms with Crippen LogP contribution >= 0.6 is 11.6 Å². The van der Waals surface area contributed by atoms with E-state index in [0.717, 1.165) is 33.8 Å². The summed E-state index contributed by atoms with van der Waals surface area (Å²) in [4.78, 5) is 17.8. The molecular weight excluding hydrogens is 482 g/mol. The molecule has 0 radical (unpaired) electrons. The normalized spacial score (nSPS) is 15.0. The van der Waals surface area contributed by atoms with E-state index >= 15 is 0 Å². The Morgan fingerprint density at radius 1 is 0.811 bits per heavy atom. The number of rotatable bonds is 5. The van der Waals surface area contributed by atoms with E-state index in [2.05, 4.69) is 4.98 Å². The van der Waals surface area contributed by atoms with E-state index < -0.39 is 0 Å². The number of nitrogens with zero attached hydrogens (tertiary/aromatic N) is 5. The number of hydrogen-bond acceptors (Lipinski definition) is 4. The zero-order valence-corrected chi connectivity index (χ0v) is 20.5. The van der Waals surface area contributed by atoms with Gasteiger partial charge in [-0.15, -0.1) is 0 Å². The van der Waals surface area contributed by atoms with Gasteiger partial charge in [0.1, 0.15) is 0 Å². The summed E-state index contributed by atoms with van der Waals surface area (Å²) in [5, 5.41) is 12.0. The summed E-state index contributed by atoms with van der Waals surface area (Å²) in [6, 6.07) is 30.6. The average molecular weight is 504 g/mol. The number of carbonyl (C=O) groups excluding carboxylic acids is 1. The predicted octanol–water partition coefficient (Wildman–Crippen LogP) is 6.58. The minimum absolute atomic E-state index is 0.187. The predicted molar refractivity (Wildman–Crippen MR) is 145 cm³/mol. The molecule has 3 heterocycles. The number of benzene rings is 3. The van der Waals surface area contributed by atoms with Gasteiger partial charge in [0.2, 0.25) is 0 Å². The van der Waals surface area contributed by atoms with Crippen molar-refractivity contribution in [2.75, 3.05) is 0 Å². The zero-order valence-electron chi connectivity index (χ0n) is 19.8. The standard InChI is InChI=1S/C30H22ClN5O/c31-24-13-11-22(12-14-24)29-26(20-35(34-29)25-9-5-2-6-10-25)28-19-27(21-7-3-1-4-8-21)33-36(28)30(37)23-15-17-32-18-16-23/h1-18,20,28H,19H2. The summed E-state index contributed by atoms with van der Waals surface area (Å²) < 4.78 is 1.86. The van der Waals surface area contributed by atoms with Crippen LogP contribution < -0.4 is 0 Å². The molecule has 1 aliphatic heterocycles. The fourth-order valence-corrected chi connectivity index (χ4v) is 4.67. The third-order valence-corrected chi connectivity index (χ3v) is 6.64. The van der Waals surface area contributed by atoms with Gasteiger partial charge < -0.3 is 0 Å². The molecule has 0 bridgehead atoms. The first-order chi connectivity index (χ1) is 18.2. The second-order valence-corrected chi connectivity index (χ2v) is 9.17. The molecule has 37 heavy (non-hydrogen) atoms. The minimum Gasteiger partial charge on any atom is -0.267 e. The topological polar surface area (TPSA) is 63.4 Å². The van der Waals surface area contributed by atoms with Crippen LogP contribution in [0.4, 0.5) is 0 Å². The summed E-state index contributed by atoms with van der Waals surface area (Å²) in [6.45, 7) is 0. The molecule has 0 saturated carbocycles. The maximum absolute atomic E-state index is 13.7. The van der Waals surface area contributed by atoms with Crippen molar-refractivity contribution in [3.05, 3.63) is 137 Å². The van der Waals surface area contributed by atoms with Crippen molar-refractivity contribution in [2.45, 2.75) is 12.5 Å². The first-order valence-corrected chi connectivity index (χ1v) is 12.3. The van der Waals surface area contributed by atoms with E-state index in [1.54, 1.807) is 29.5 Å². The van der Waals surface area contributed by atoms with Gasteiger partial charge in [-0.25, -0.2) is 9.69 Å². The van der Waals surface area contributed by atoms with Crippen molar-refractivity contribution >= 4 is 23.2 Å². The highest BCUT2D eigenvalue weighted by atomic mass is 35.5. The SMILES string of the molecule is O=C(c1ccncc1)N1N=C(c2ccccc2)CC1c1cn(-c2ccccc2)nc1-c1ccc(Cl)cc1. The van der Waals surface area contributed by atoms with Crippen molar-refractivity contribution < 1.29 is 4.79 Å². The van der Waals surface area contributed by atoms with E-state index in [-0.39, 0.29) is 11.9 Å². The lowest BCUT2D eigenvalue weighted by molar-refractivity contribution is 0.0711. The molecule has 7 heteroatoms. The van der Waals surface area contributed by atoms with Crippen molar-refractivity contribution in [1.82, 2.24) is 19.8 Å². The van der Waals surface area contributed by atoms with Crippen LogP contribution in [0.2, 0.25) is 5.02 Å². The molecule has 0 fully saturated rings. The molecule has 1 unspecified atom stereocenters. The van der Waals surface area contributed by atoms with Crippen LogP contribution in [0.3, 0.4) is 0 Å². The number of aromatic nitrogens is 3. The largest absolute Gasteiger partial charge is 0.274 e. The highest BCUT2D eigenvalue weighted by molar-refractivity contribution is 6.30. The van der Waals surface area contributed by atoms with Gasteiger partial charge in [0.15, 0.2) is 0 Å². The van der Waals surface area contributed by atoms with Gasteiger partial charge in [-0.05, 0) is 42.0 Å². The summed E-state index contributed by atoms with van der Waals surface area (Å²) in [5.74, 6) is -0.187. The van der Waals surface area contributed by atoms with E-state index in [1.165, 1.54) is 0 Å². The average Bonchev–Trinajstić information content (AvgIpc) is 3.60. The molecule has 1 atom stereocenters. The molecule has 1 aliphatic rings. The molecular formula is C30H22ClN5O. The van der Waals surface area contributed by atoms with Gasteiger partial charge in [0.05, 0.1) is 23.1 Å². The molecule has 0 spiro atoms. The van der Waals surface area contributed by atoms with Gasteiger partial charge in [-0.3, -0.25) is 9.78 Å². The maximum Gasteiger partial charge on any atom is 0.274 e. The zero-order chi connectivity index (χ0) is 25.2. The van der Waals surface area contributed by atoms with Crippen LogP contribution in [0.1, 0.15) is 33.9 Å². The molecule has 3 aromatic carbocycles. The van der Waals surface area contributed by atoms with Crippen molar-refractivity contribution in [3.8, 4) is 16.9 Å².